The first-order valence-electron chi connectivity index (χ1n) is 14.5. The minimum atomic E-state index is -0.896. The Hall–Kier alpha value is -4.99. The average molecular weight is 662 g/mol. The van der Waals surface area contributed by atoms with E-state index in [1.807, 2.05) is 62.4 Å². The topological polar surface area (TPSA) is 103 Å². The lowest BCUT2D eigenvalue weighted by molar-refractivity contribution is -0.122. The zero-order valence-corrected chi connectivity index (χ0v) is 26.6. The smallest absolute Gasteiger partial charge is 0.335 e. The van der Waals surface area contributed by atoms with Crippen molar-refractivity contribution in [1.29, 1.82) is 0 Å². The number of carbonyl (C=O) groups excluding carboxylic acids is 3. The first-order valence-corrected chi connectivity index (χ1v) is 15.2. The van der Waals surface area contributed by atoms with Crippen molar-refractivity contribution >= 4 is 52.8 Å². The molecule has 0 saturated carbocycles. The van der Waals surface area contributed by atoms with Crippen molar-refractivity contribution < 1.29 is 33.3 Å². The summed E-state index contributed by atoms with van der Waals surface area (Å²) in [5.41, 5.74) is 2.29. The van der Waals surface area contributed by atoms with Crippen LogP contribution in [0.4, 0.5) is 10.5 Å². The molecule has 1 N–H and O–H groups in total. The summed E-state index contributed by atoms with van der Waals surface area (Å²) in [4.78, 5) is 39.4. The highest BCUT2D eigenvalue weighted by Gasteiger charge is 2.37. The number of rotatable bonds is 12. The summed E-state index contributed by atoms with van der Waals surface area (Å²) < 4.78 is 23.8. The Labute approximate surface area is 276 Å². The molecule has 1 aliphatic heterocycles. The van der Waals surface area contributed by atoms with Crippen LogP contribution >= 0.6 is 23.2 Å². The second-order valence-corrected chi connectivity index (χ2v) is 10.8. The maximum absolute atomic E-state index is 13.3. The Morgan fingerprint density at radius 3 is 2.00 bits per heavy atom. The van der Waals surface area contributed by atoms with E-state index in [1.165, 1.54) is 24.3 Å². The van der Waals surface area contributed by atoms with Gasteiger partial charge in [-0.15, -0.1) is 0 Å². The molecule has 4 aromatic carbocycles. The molecule has 0 radical (unpaired) electrons. The Kier molecular flexibility index (Phi) is 10.5. The van der Waals surface area contributed by atoms with E-state index < -0.39 is 17.8 Å². The Bertz CT molecular complexity index is 1790. The van der Waals surface area contributed by atoms with Gasteiger partial charge in [0.15, 0.2) is 23.0 Å². The molecule has 11 heteroatoms. The molecule has 0 spiro atoms. The number of urea groups is 1. The molecule has 0 unspecified atom stereocenters. The molecule has 4 amide bonds. The van der Waals surface area contributed by atoms with Crippen LogP contribution in [0.3, 0.4) is 0 Å². The number of hydrogen-bond donors (Lipinski definition) is 1. The van der Waals surface area contributed by atoms with Crippen LogP contribution in [-0.4, -0.2) is 31.1 Å². The zero-order chi connectivity index (χ0) is 32.6. The third-order valence-electron chi connectivity index (χ3n) is 6.78. The van der Waals surface area contributed by atoms with E-state index in [1.54, 1.807) is 18.2 Å². The van der Waals surface area contributed by atoms with Gasteiger partial charge in [-0.1, -0.05) is 65.7 Å². The normalized spacial score (nSPS) is 13.9. The van der Waals surface area contributed by atoms with Crippen LogP contribution in [0.5, 0.6) is 23.0 Å². The van der Waals surface area contributed by atoms with Crippen molar-refractivity contribution in [2.75, 3.05) is 18.1 Å². The maximum atomic E-state index is 13.3. The number of imide groups is 2. The number of barbiturate groups is 1. The van der Waals surface area contributed by atoms with Crippen LogP contribution in [0.2, 0.25) is 10.0 Å². The number of amides is 4. The van der Waals surface area contributed by atoms with Crippen molar-refractivity contribution in [1.82, 2.24) is 5.32 Å². The van der Waals surface area contributed by atoms with Crippen LogP contribution in [0.15, 0.2) is 90.5 Å². The van der Waals surface area contributed by atoms with Gasteiger partial charge in [-0.05, 0) is 79.1 Å². The first kappa shape index (κ1) is 32.4. The molecule has 0 aromatic heterocycles. The van der Waals surface area contributed by atoms with E-state index in [0.717, 1.165) is 16.0 Å². The summed E-state index contributed by atoms with van der Waals surface area (Å²) in [6.45, 7) is 5.17. The predicted molar refractivity (Wildman–Crippen MR) is 176 cm³/mol. The number of nitrogens with one attached hydrogen (secondary N) is 1. The molecule has 5 rings (SSSR count). The lowest BCUT2D eigenvalue weighted by atomic mass is 10.1. The third kappa shape index (κ3) is 7.62. The molecule has 0 atom stereocenters. The molecule has 1 saturated heterocycles. The standard InChI is InChI=1S/C35H30Cl2N2O7/c1-3-43-31-17-23(16-26-33(40)38-35(42)39(34(26)41)25-12-13-27(36)28(37)19-25)10-14-29(31)46-21-24-11-15-30(32(18-24)44-4-2)45-20-22-8-6-5-7-9-22/h5-19H,3-4,20-21H2,1-2H3,(H,38,40,42)/b26-16-. The predicted octanol–water partition coefficient (Wildman–Crippen LogP) is 7.62. The van der Waals surface area contributed by atoms with E-state index in [4.69, 9.17) is 42.1 Å². The number of benzene rings is 4. The highest BCUT2D eigenvalue weighted by molar-refractivity contribution is 6.43. The highest BCUT2D eigenvalue weighted by Crippen LogP contribution is 2.34. The molecule has 0 aliphatic carbocycles. The quantitative estimate of drug-likeness (QED) is 0.123. The molecule has 4 aromatic rings. The van der Waals surface area contributed by atoms with Gasteiger partial charge in [-0.25, -0.2) is 9.69 Å². The summed E-state index contributed by atoms with van der Waals surface area (Å²) in [6.07, 6.45) is 1.38. The van der Waals surface area contributed by atoms with Crippen molar-refractivity contribution in [2.24, 2.45) is 0 Å². The van der Waals surface area contributed by atoms with Gasteiger partial charge < -0.3 is 18.9 Å². The Morgan fingerprint density at radius 1 is 0.674 bits per heavy atom. The summed E-state index contributed by atoms with van der Waals surface area (Å²) in [7, 11) is 0. The van der Waals surface area contributed by atoms with E-state index >= 15 is 0 Å². The molecule has 46 heavy (non-hydrogen) atoms. The summed E-state index contributed by atoms with van der Waals surface area (Å²) in [5.74, 6) is 0.458. The molecule has 9 nitrogen and oxygen atoms in total. The number of carbonyl (C=O) groups is 3. The third-order valence-corrected chi connectivity index (χ3v) is 7.52. The number of anilines is 1. The van der Waals surface area contributed by atoms with Gasteiger partial charge in [0.25, 0.3) is 11.8 Å². The highest BCUT2D eigenvalue weighted by atomic mass is 35.5. The van der Waals surface area contributed by atoms with Crippen LogP contribution in [0.1, 0.15) is 30.5 Å². The summed E-state index contributed by atoms with van der Waals surface area (Å²) >= 11 is 12.1. The largest absolute Gasteiger partial charge is 0.490 e. The van der Waals surface area contributed by atoms with Gasteiger partial charge in [0.2, 0.25) is 0 Å². The minimum absolute atomic E-state index is 0.153. The lowest BCUT2D eigenvalue weighted by Crippen LogP contribution is -2.54. The fourth-order valence-electron chi connectivity index (χ4n) is 4.61. The zero-order valence-electron chi connectivity index (χ0n) is 25.0. The summed E-state index contributed by atoms with van der Waals surface area (Å²) in [5, 5.41) is 2.60. The average Bonchev–Trinajstić information content (AvgIpc) is 3.04. The van der Waals surface area contributed by atoms with Gasteiger partial charge in [0, 0.05) is 0 Å². The van der Waals surface area contributed by atoms with E-state index in [0.29, 0.717) is 48.4 Å². The molecule has 236 valence electrons. The van der Waals surface area contributed by atoms with Crippen LogP contribution in [0, 0.1) is 0 Å². The lowest BCUT2D eigenvalue weighted by Gasteiger charge is -2.26. The van der Waals surface area contributed by atoms with E-state index in [2.05, 4.69) is 5.32 Å². The molecule has 0 bridgehead atoms. The minimum Gasteiger partial charge on any atom is -0.490 e. The first-order chi connectivity index (χ1) is 22.3. The van der Waals surface area contributed by atoms with Crippen molar-refractivity contribution in [3.05, 3.63) is 117 Å². The van der Waals surface area contributed by atoms with Gasteiger partial charge in [-0.2, -0.15) is 0 Å². The van der Waals surface area contributed by atoms with Gasteiger partial charge >= 0.3 is 6.03 Å². The molecular weight excluding hydrogens is 631 g/mol. The van der Waals surface area contributed by atoms with Crippen LogP contribution in [0.25, 0.3) is 6.08 Å². The van der Waals surface area contributed by atoms with Crippen LogP contribution < -0.4 is 29.2 Å². The van der Waals surface area contributed by atoms with E-state index in [9.17, 15) is 14.4 Å². The van der Waals surface area contributed by atoms with Gasteiger partial charge in [0.1, 0.15) is 18.8 Å². The number of hydrogen-bond acceptors (Lipinski definition) is 7. The molecule has 1 heterocycles. The number of halogens is 2. The fraction of sp³-hybridized carbons (Fsp3) is 0.171. The van der Waals surface area contributed by atoms with Crippen molar-refractivity contribution in [3.8, 4) is 23.0 Å². The Morgan fingerprint density at radius 2 is 1.33 bits per heavy atom. The maximum Gasteiger partial charge on any atom is 0.335 e. The van der Waals surface area contributed by atoms with E-state index in [-0.39, 0.29) is 27.9 Å². The fourth-order valence-corrected chi connectivity index (χ4v) is 4.90. The molecular formula is C35H30Cl2N2O7. The second-order valence-electron chi connectivity index (χ2n) is 9.97. The Balaban J connectivity index is 1.33. The van der Waals surface area contributed by atoms with Gasteiger partial charge in [0.05, 0.1) is 28.9 Å². The SMILES string of the molecule is CCOc1cc(/C=C2/C(=O)NC(=O)N(c3ccc(Cl)c(Cl)c3)C2=O)ccc1OCc1ccc(OCc2ccccc2)c(OCC)c1. The monoisotopic (exact) mass is 660 g/mol. The van der Waals surface area contributed by atoms with Crippen molar-refractivity contribution in [2.45, 2.75) is 27.1 Å². The van der Waals surface area contributed by atoms with Crippen molar-refractivity contribution in [3.63, 3.8) is 0 Å². The molecule has 1 fully saturated rings. The summed E-state index contributed by atoms with van der Waals surface area (Å²) in [6, 6.07) is 23.9. The number of nitrogens with zero attached hydrogens (tertiary/aromatic N) is 1. The molecule has 1 aliphatic rings. The van der Waals surface area contributed by atoms with Crippen LogP contribution in [-0.2, 0) is 22.8 Å². The van der Waals surface area contributed by atoms with Gasteiger partial charge in [-0.3, -0.25) is 14.9 Å². The number of ether oxygens (including phenoxy) is 4. The second kappa shape index (κ2) is 14.9.